The second-order valence-electron chi connectivity index (χ2n) is 6.59. The quantitative estimate of drug-likeness (QED) is 0.397. The number of nitrogens with one attached hydrogen (secondary N) is 2. The van der Waals surface area contributed by atoms with Crippen molar-refractivity contribution in [2.75, 3.05) is 10.0 Å². The maximum absolute atomic E-state index is 12.6. The van der Waals surface area contributed by atoms with Crippen molar-refractivity contribution in [1.82, 2.24) is 0 Å². The van der Waals surface area contributed by atoms with Crippen molar-refractivity contribution in [2.45, 2.75) is 24.3 Å². The minimum absolute atomic E-state index is 0.0814. The fraction of sp³-hybridized carbons (Fsp3) is 0.136. The lowest BCUT2D eigenvalue weighted by atomic mass is 10.2. The molecule has 9 heteroatoms. The van der Waals surface area contributed by atoms with Crippen molar-refractivity contribution in [1.29, 1.82) is 0 Å². The summed E-state index contributed by atoms with van der Waals surface area (Å²) in [6, 6.07) is 19.5. The van der Waals surface area contributed by atoms with E-state index in [4.69, 9.17) is 16.3 Å². The van der Waals surface area contributed by atoms with Crippen molar-refractivity contribution in [3.05, 3.63) is 82.3 Å². The van der Waals surface area contributed by atoms with Gasteiger partial charge in [0.15, 0.2) is 6.10 Å². The Bertz CT molecular complexity index is 1140. The first-order chi connectivity index (χ1) is 14.8. The lowest BCUT2D eigenvalue weighted by Crippen LogP contribution is -2.32. The van der Waals surface area contributed by atoms with Gasteiger partial charge < -0.3 is 10.1 Å². The second kappa shape index (κ2) is 10.2. The summed E-state index contributed by atoms with van der Waals surface area (Å²) in [5.74, 6) is 0.202. The molecule has 0 bridgehead atoms. The zero-order chi connectivity index (χ0) is 22.4. The third kappa shape index (κ3) is 6.46. The van der Waals surface area contributed by atoms with E-state index in [9.17, 15) is 13.2 Å². The number of ether oxygens (including phenoxy) is 1. The third-order valence-electron chi connectivity index (χ3n) is 4.28. The molecule has 1 atom stereocenters. The van der Waals surface area contributed by atoms with Crippen LogP contribution in [0.4, 0.5) is 11.4 Å². The van der Waals surface area contributed by atoms with Crippen LogP contribution in [0.2, 0.25) is 5.02 Å². The molecular formula is C22H20BrClN2O4S. The normalized spacial score (nSPS) is 12.1. The number of carbonyl (C=O) groups excluding carboxylic acids is 1. The minimum Gasteiger partial charge on any atom is -0.481 e. The Morgan fingerprint density at radius 3 is 2.13 bits per heavy atom. The summed E-state index contributed by atoms with van der Waals surface area (Å²) in [4.78, 5) is 12.7. The first-order valence-electron chi connectivity index (χ1n) is 9.38. The van der Waals surface area contributed by atoms with Crippen LogP contribution in [0.5, 0.6) is 5.75 Å². The number of carbonyl (C=O) groups is 1. The summed E-state index contributed by atoms with van der Waals surface area (Å²) in [6.07, 6.45) is -0.249. The Balaban J connectivity index is 1.65. The molecule has 2 N–H and O–H groups in total. The van der Waals surface area contributed by atoms with Gasteiger partial charge in [-0.2, -0.15) is 0 Å². The fourth-order valence-electron chi connectivity index (χ4n) is 2.67. The molecule has 0 aliphatic rings. The summed E-state index contributed by atoms with van der Waals surface area (Å²) in [5.41, 5.74) is 0.913. The molecule has 0 radical (unpaired) electrons. The maximum Gasteiger partial charge on any atom is 0.265 e. The van der Waals surface area contributed by atoms with Crippen LogP contribution in [0.25, 0.3) is 0 Å². The van der Waals surface area contributed by atoms with Crippen molar-refractivity contribution >= 4 is 54.8 Å². The monoisotopic (exact) mass is 522 g/mol. The Morgan fingerprint density at radius 1 is 0.968 bits per heavy atom. The van der Waals surface area contributed by atoms with Crippen molar-refractivity contribution in [2.24, 2.45) is 0 Å². The Labute approximate surface area is 194 Å². The number of anilines is 2. The Kier molecular flexibility index (Phi) is 7.59. The molecule has 0 spiro atoms. The lowest BCUT2D eigenvalue weighted by Gasteiger charge is -2.17. The summed E-state index contributed by atoms with van der Waals surface area (Å²) >= 11 is 9.17. The van der Waals surface area contributed by atoms with Gasteiger partial charge in [0.05, 0.1) is 4.90 Å². The highest BCUT2D eigenvalue weighted by molar-refractivity contribution is 9.10. The number of amides is 1. The molecule has 31 heavy (non-hydrogen) atoms. The van der Waals surface area contributed by atoms with Crippen LogP contribution >= 0.6 is 27.5 Å². The van der Waals surface area contributed by atoms with Crippen molar-refractivity contribution < 1.29 is 17.9 Å². The van der Waals surface area contributed by atoms with Gasteiger partial charge in [-0.3, -0.25) is 9.52 Å². The minimum atomic E-state index is -3.75. The zero-order valence-electron chi connectivity index (χ0n) is 16.5. The predicted molar refractivity (Wildman–Crippen MR) is 126 cm³/mol. The highest BCUT2D eigenvalue weighted by Gasteiger charge is 2.19. The van der Waals surface area contributed by atoms with E-state index in [1.165, 1.54) is 24.3 Å². The van der Waals surface area contributed by atoms with Gasteiger partial charge in [0.25, 0.3) is 15.9 Å². The molecule has 6 nitrogen and oxygen atoms in total. The van der Waals surface area contributed by atoms with Gasteiger partial charge in [-0.15, -0.1) is 0 Å². The Morgan fingerprint density at radius 2 is 1.55 bits per heavy atom. The molecule has 3 rings (SSSR count). The van der Waals surface area contributed by atoms with E-state index in [1.54, 1.807) is 48.5 Å². The topological polar surface area (TPSA) is 84.5 Å². The summed E-state index contributed by atoms with van der Waals surface area (Å²) in [5, 5.41) is 3.33. The first-order valence-corrected chi connectivity index (χ1v) is 12.0. The molecule has 162 valence electrons. The number of benzene rings is 3. The molecule has 0 aliphatic carbocycles. The number of rotatable bonds is 8. The number of hydrogen-bond donors (Lipinski definition) is 2. The van der Waals surface area contributed by atoms with Crippen LogP contribution in [-0.4, -0.2) is 20.4 Å². The van der Waals surface area contributed by atoms with Gasteiger partial charge in [-0.1, -0.05) is 34.5 Å². The molecule has 0 aliphatic heterocycles. The highest BCUT2D eigenvalue weighted by atomic mass is 79.9. The zero-order valence-corrected chi connectivity index (χ0v) is 19.7. The van der Waals surface area contributed by atoms with Gasteiger partial charge >= 0.3 is 0 Å². The van der Waals surface area contributed by atoms with Crippen LogP contribution in [0.15, 0.2) is 82.2 Å². The maximum atomic E-state index is 12.6. The molecule has 0 saturated heterocycles. The van der Waals surface area contributed by atoms with E-state index in [2.05, 4.69) is 26.0 Å². The van der Waals surface area contributed by atoms with E-state index in [0.717, 1.165) is 4.47 Å². The summed E-state index contributed by atoms with van der Waals surface area (Å²) < 4.78 is 34.2. The van der Waals surface area contributed by atoms with E-state index in [-0.39, 0.29) is 10.8 Å². The molecule has 0 saturated carbocycles. The number of halogens is 2. The van der Waals surface area contributed by atoms with Gasteiger partial charge in [-0.05, 0) is 79.2 Å². The molecule has 0 heterocycles. The molecular weight excluding hydrogens is 504 g/mol. The average molecular weight is 524 g/mol. The SMILES string of the molecule is CC[C@@H](Oc1ccc(Cl)cc1)C(=O)Nc1ccc(S(=O)(=O)Nc2ccc(Br)cc2)cc1. The molecule has 0 aromatic heterocycles. The Hall–Kier alpha value is -2.55. The van der Waals surface area contributed by atoms with Crippen LogP contribution in [0.3, 0.4) is 0 Å². The van der Waals surface area contributed by atoms with Gasteiger partial charge in [0, 0.05) is 20.9 Å². The van der Waals surface area contributed by atoms with Gasteiger partial charge in [0.1, 0.15) is 5.75 Å². The van der Waals surface area contributed by atoms with Crippen LogP contribution < -0.4 is 14.8 Å². The molecule has 3 aromatic rings. The average Bonchev–Trinajstić information content (AvgIpc) is 2.75. The van der Waals surface area contributed by atoms with Crippen LogP contribution in [-0.2, 0) is 14.8 Å². The van der Waals surface area contributed by atoms with E-state index < -0.39 is 16.1 Å². The fourth-order valence-corrected chi connectivity index (χ4v) is 4.12. The van der Waals surface area contributed by atoms with Gasteiger partial charge in [0.2, 0.25) is 0 Å². The third-order valence-corrected chi connectivity index (χ3v) is 6.46. The summed E-state index contributed by atoms with van der Waals surface area (Å²) in [6.45, 7) is 1.84. The highest BCUT2D eigenvalue weighted by Crippen LogP contribution is 2.21. The smallest absolute Gasteiger partial charge is 0.265 e. The standard InChI is InChI=1S/C22H20BrClN2O4S/c1-2-21(30-19-11-5-16(24)6-12-19)22(27)25-17-9-13-20(14-10-17)31(28,29)26-18-7-3-15(23)4-8-18/h3-14,21,26H,2H2,1H3,(H,25,27)/t21-/m1/s1. The van der Waals surface area contributed by atoms with E-state index >= 15 is 0 Å². The van der Waals surface area contributed by atoms with Crippen molar-refractivity contribution in [3.8, 4) is 5.75 Å². The van der Waals surface area contributed by atoms with E-state index in [0.29, 0.717) is 28.6 Å². The van der Waals surface area contributed by atoms with Gasteiger partial charge in [-0.25, -0.2) is 8.42 Å². The molecule has 3 aromatic carbocycles. The van der Waals surface area contributed by atoms with Crippen LogP contribution in [0.1, 0.15) is 13.3 Å². The lowest BCUT2D eigenvalue weighted by molar-refractivity contribution is -0.122. The molecule has 0 fully saturated rings. The predicted octanol–water partition coefficient (Wildman–Crippen LogP) is 5.70. The summed E-state index contributed by atoms with van der Waals surface area (Å²) in [7, 11) is -3.75. The van der Waals surface area contributed by atoms with Crippen LogP contribution in [0, 0.1) is 0 Å². The molecule has 1 amide bonds. The van der Waals surface area contributed by atoms with Crippen molar-refractivity contribution in [3.63, 3.8) is 0 Å². The number of hydrogen-bond acceptors (Lipinski definition) is 4. The largest absolute Gasteiger partial charge is 0.481 e. The first kappa shape index (κ1) is 23.1. The second-order valence-corrected chi connectivity index (χ2v) is 9.63. The van der Waals surface area contributed by atoms with E-state index in [1.807, 2.05) is 6.92 Å². The number of sulfonamides is 1. The molecule has 0 unspecified atom stereocenters.